The van der Waals surface area contributed by atoms with Gasteiger partial charge in [-0.05, 0) is 66.4 Å². The van der Waals surface area contributed by atoms with Crippen LogP contribution in [0.3, 0.4) is 0 Å². The molecule has 0 aromatic heterocycles. The van der Waals surface area contributed by atoms with Gasteiger partial charge in [-0.2, -0.15) is 0 Å². The number of ether oxygens (including phenoxy) is 1. The Labute approximate surface area is 202 Å². The molecular weight excluding hydrogens is 519 g/mol. The van der Waals surface area contributed by atoms with E-state index in [-0.39, 0.29) is 5.91 Å². The highest BCUT2D eigenvalue weighted by atomic mass is 79.9. The van der Waals surface area contributed by atoms with Crippen LogP contribution in [0, 0.1) is 0 Å². The van der Waals surface area contributed by atoms with Crippen LogP contribution in [0.4, 0.5) is 5.69 Å². The van der Waals surface area contributed by atoms with Crippen molar-refractivity contribution in [3.63, 3.8) is 0 Å². The van der Waals surface area contributed by atoms with E-state index in [9.17, 15) is 4.79 Å². The summed E-state index contributed by atoms with van der Waals surface area (Å²) >= 11 is 16.9. The zero-order valence-corrected chi connectivity index (χ0v) is 19.9. The molecule has 31 heavy (non-hydrogen) atoms. The number of rotatable bonds is 5. The average Bonchev–Trinajstić information content (AvgIpc) is 3.09. The molecule has 0 atom stereocenters. The molecule has 1 aliphatic heterocycles. The van der Waals surface area contributed by atoms with Gasteiger partial charge in [-0.1, -0.05) is 57.3 Å². The van der Waals surface area contributed by atoms with Crippen molar-refractivity contribution in [2.24, 2.45) is 4.99 Å². The van der Waals surface area contributed by atoms with Crippen molar-refractivity contribution in [2.45, 2.75) is 6.61 Å². The molecule has 1 aliphatic rings. The van der Waals surface area contributed by atoms with E-state index in [0.717, 1.165) is 15.6 Å². The summed E-state index contributed by atoms with van der Waals surface area (Å²) in [5.74, 6) is 0.432. The summed E-state index contributed by atoms with van der Waals surface area (Å²) in [6, 6.07) is 20.3. The number of hydrogen-bond donors (Lipinski definition) is 1. The molecule has 3 aromatic rings. The van der Waals surface area contributed by atoms with E-state index >= 15 is 0 Å². The standard InChI is InChI=1S/C23H15BrCl2N2O2S/c24-16-5-10-20(30-13-14-3-1-2-4-19(14)26)15(11-16)12-21-22(29)28-23(31-21)27-18-8-6-17(25)7-9-18/h1-12H,13H2,(H,27,28,29)/b21-12-. The minimum atomic E-state index is -0.213. The third-order valence-corrected chi connectivity index (χ3v) is 6.33. The molecule has 0 radical (unpaired) electrons. The number of benzene rings is 3. The Morgan fingerprint density at radius 3 is 2.61 bits per heavy atom. The lowest BCUT2D eigenvalue weighted by Gasteiger charge is -2.11. The van der Waals surface area contributed by atoms with Gasteiger partial charge in [-0.3, -0.25) is 4.79 Å². The summed E-state index contributed by atoms with van der Waals surface area (Å²) in [5, 5.41) is 4.57. The number of amides is 1. The zero-order chi connectivity index (χ0) is 21.8. The second-order valence-electron chi connectivity index (χ2n) is 6.52. The lowest BCUT2D eigenvalue weighted by Crippen LogP contribution is -2.19. The molecule has 8 heteroatoms. The second-order valence-corrected chi connectivity index (χ2v) is 9.31. The molecule has 1 N–H and O–H groups in total. The number of nitrogens with zero attached hydrogens (tertiary/aromatic N) is 1. The normalized spacial score (nSPS) is 16.0. The van der Waals surface area contributed by atoms with Crippen molar-refractivity contribution in [1.29, 1.82) is 0 Å². The van der Waals surface area contributed by atoms with Gasteiger partial charge in [0.1, 0.15) is 12.4 Å². The predicted molar refractivity (Wildman–Crippen MR) is 132 cm³/mol. The van der Waals surface area contributed by atoms with Crippen molar-refractivity contribution in [3.8, 4) is 5.75 Å². The molecule has 1 heterocycles. The highest BCUT2D eigenvalue weighted by Crippen LogP contribution is 2.33. The Morgan fingerprint density at radius 2 is 1.84 bits per heavy atom. The summed E-state index contributed by atoms with van der Waals surface area (Å²) in [6.45, 7) is 0.320. The number of nitrogens with one attached hydrogen (secondary N) is 1. The van der Waals surface area contributed by atoms with E-state index < -0.39 is 0 Å². The third kappa shape index (κ3) is 5.71. The molecular formula is C23H15BrCl2N2O2S. The van der Waals surface area contributed by atoms with Crippen molar-refractivity contribution in [1.82, 2.24) is 5.32 Å². The summed E-state index contributed by atoms with van der Waals surface area (Å²) in [5.41, 5.74) is 2.36. The molecule has 0 aliphatic carbocycles. The van der Waals surface area contributed by atoms with Gasteiger partial charge in [0.2, 0.25) is 0 Å². The third-order valence-electron chi connectivity index (χ3n) is 4.31. The maximum Gasteiger partial charge on any atom is 0.264 e. The second kappa shape index (κ2) is 9.92. The van der Waals surface area contributed by atoms with E-state index in [4.69, 9.17) is 27.9 Å². The quantitative estimate of drug-likeness (QED) is 0.352. The highest BCUT2D eigenvalue weighted by molar-refractivity contribution is 9.10. The Morgan fingerprint density at radius 1 is 1.06 bits per heavy atom. The van der Waals surface area contributed by atoms with E-state index in [1.807, 2.05) is 42.5 Å². The van der Waals surface area contributed by atoms with E-state index in [2.05, 4.69) is 26.2 Å². The van der Waals surface area contributed by atoms with Crippen LogP contribution in [0.25, 0.3) is 6.08 Å². The topological polar surface area (TPSA) is 50.7 Å². The van der Waals surface area contributed by atoms with E-state index in [0.29, 0.717) is 38.2 Å². The largest absolute Gasteiger partial charge is 0.488 e. The number of halogens is 3. The van der Waals surface area contributed by atoms with Gasteiger partial charge in [0.25, 0.3) is 5.91 Å². The first-order chi connectivity index (χ1) is 15.0. The van der Waals surface area contributed by atoms with E-state index in [1.54, 1.807) is 30.3 Å². The fourth-order valence-corrected chi connectivity index (χ4v) is 4.32. The first kappa shape index (κ1) is 22.0. The monoisotopic (exact) mass is 532 g/mol. The molecule has 3 aromatic carbocycles. The van der Waals surface area contributed by atoms with Crippen LogP contribution in [0.2, 0.25) is 10.0 Å². The highest BCUT2D eigenvalue weighted by Gasteiger charge is 2.24. The molecule has 1 fully saturated rings. The molecule has 4 nitrogen and oxygen atoms in total. The number of thioether (sulfide) groups is 1. The summed E-state index contributed by atoms with van der Waals surface area (Å²) in [7, 11) is 0. The van der Waals surface area contributed by atoms with Gasteiger partial charge in [0, 0.05) is 25.6 Å². The average molecular weight is 534 g/mol. The molecule has 0 spiro atoms. The SMILES string of the molecule is O=C1NC(=Nc2ccc(Cl)cc2)S/C1=C\c1cc(Br)ccc1OCc1ccccc1Cl. The Bertz CT molecular complexity index is 1200. The maximum atomic E-state index is 12.5. The van der Waals surface area contributed by atoms with Gasteiger partial charge in [0.05, 0.1) is 10.6 Å². The zero-order valence-electron chi connectivity index (χ0n) is 15.9. The number of hydrogen-bond acceptors (Lipinski definition) is 4. The van der Waals surface area contributed by atoms with Crippen LogP contribution in [0.5, 0.6) is 5.75 Å². The molecule has 0 bridgehead atoms. The van der Waals surface area contributed by atoms with Crippen LogP contribution < -0.4 is 10.1 Å². The summed E-state index contributed by atoms with van der Waals surface area (Å²) in [6.07, 6.45) is 1.79. The van der Waals surface area contributed by atoms with Gasteiger partial charge >= 0.3 is 0 Å². The van der Waals surface area contributed by atoms with Crippen molar-refractivity contribution < 1.29 is 9.53 Å². The molecule has 4 rings (SSSR count). The lowest BCUT2D eigenvalue weighted by atomic mass is 10.2. The summed E-state index contributed by atoms with van der Waals surface area (Å²) in [4.78, 5) is 17.5. The fraction of sp³-hybridized carbons (Fsp3) is 0.0435. The number of aliphatic imine (C=N–C) groups is 1. The minimum absolute atomic E-state index is 0.213. The smallest absolute Gasteiger partial charge is 0.264 e. The minimum Gasteiger partial charge on any atom is -0.488 e. The number of amidine groups is 1. The number of carbonyl (C=O) groups is 1. The molecule has 0 saturated carbocycles. The van der Waals surface area contributed by atoms with Crippen molar-refractivity contribution in [2.75, 3.05) is 0 Å². The van der Waals surface area contributed by atoms with Crippen LogP contribution in [0.1, 0.15) is 11.1 Å². The number of carbonyl (C=O) groups excluding carboxylic acids is 1. The lowest BCUT2D eigenvalue weighted by molar-refractivity contribution is -0.115. The first-order valence-corrected chi connectivity index (χ1v) is 11.6. The molecule has 0 unspecified atom stereocenters. The first-order valence-electron chi connectivity index (χ1n) is 9.19. The van der Waals surface area contributed by atoms with Gasteiger partial charge < -0.3 is 10.1 Å². The van der Waals surface area contributed by atoms with E-state index in [1.165, 1.54) is 11.8 Å². The molecule has 1 saturated heterocycles. The van der Waals surface area contributed by atoms with Gasteiger partial charge in [-0.25, -0.2) is 4.99 Å². The summed E-state index contributed by atoms with van der Waals surface area (Å²) < 4.78 is 6.88. The molecule has 156 valence electrons. The molecule has 1 amide bonds. The fourth-order valence-electron chi connectivity index (χ4n) is 2.79. The van der Waals surface area contributed by atoms with Crippen LogP contribution in [-0.4, -0.2) is 11.1 Å². The van der Waals surface area contributed by atoms with Crippen LogP contribution in [-0.2, 0) is 11.4 Å². The van der Waals surface area contributed by atoms with Crippen molar-refractivity contribution >= 4 is 73.7 Å². The van der Waals surface area contributed by atoms with Gasteiger partial charge in [-0.15, -0.1) is 0 Å². The Hall–Kier alpha value is -2.25. The van der Waals surface area contributed by atoms with Crippen molar-refractivity contribution in [3.05, 3.63) is 97.3 Å². The van der Waals surface area contributed by atoms with Crippen LogP contribution in [0.15, 0.2) is 81.1 Å². The van der Waals surface area contributed by atoms with Gasteiger partial charge in [0.15, 0.2) is 5.17 Å². The van der Waals surface area contributed by atoms with Crippen LogP contribution >= 0.6 is 50.9 Å². The maximum absolute atomic E-state index is 12.5. The Kier molecular flexibility index (Phi) is 7.02. The Balaban J connectivity index is 1.56. The predicted octanol–water partition coefficient (Wildman–Crippen LogP) is 7.23.